The predicted molar refractivity (Wildman–Crippen MR) is 82.5 cm³/mol. The van der Waals surface area contributed by atoms with Crippen molar-refractivity contribution in [3.63, 3.8) is 0 Å². The number of benzene rings is 2. The Hall–Kier alpha value is -1.27. The summed E-state index contributed by atoms with van der Waals surface area (Å²) in [6, 6.07) is 8.40. The fraction of sp³-hybridized carbons (Fsp3) is 0.0769. The largest absolute Gasteiger partial charge is 0.495 e. The lowest BCUT2D eigenvalue weighted by molar-refractivity contribution is 0.412. The molecule has 0 atom stereocenters. The van der Waals surface area contributed by atoms with Gasteiger partial charge in [-0.3, -0.25) is 0 Å². The van der Waals surface area contributed by atoms with Gasteiger partial charge in [0.2, 0.25) is 0 Å². The second-order valence-corrected chi connectivity index (χ2v) is 5.54. The van der Waals surface area contributed by atoms with Crippen LogP contribution in [-0.2, 0) is 0 Å². The zero-order valence-corrected chi connectivity index (χ0v) is 13.2. The number of nitrogens with one attached hydrogen (secondary N) is 1. The summed E-state index contributed by atoms with van der Waals surface area (Å²) in [6.07, 6.45) is 0. The quantitative estimate of drug-likeness (QED) is 0.749. The number of nitrogens with two attached hydrogens (primary N) is 1. The van der Waals surface area contributed by atoms with Gasteiger partial charge in [0.15, 0.2) is 0 Å². The van der Waals surface area contributed by atoms with Gasteiger partial charge in [-0.25, -0.2) is 4.39 Å². The highest BCUT2D eigenvalue weighted by Crippen LogP contribution is 2.32. The monoisotopic (exact) mass is 388 g/mol. The van der Waals surface area contributed by atoms with E-state index in [1.165, 1.54) is 6.07 Å². The molecule has 0 aliphatic rings. The van der Waals surface area contributed by atoms with Gasteiger partial charge in [0.25, 0.3) is 0 Å². The molecular formula is C13H11Br2FN2O. The summed E-state index contributed by atoms with van der Waals surface area (Å²) in [5.74, 6) is 0.307. The van der Waals surface area contributed by atoms with Crippen LogP contribution in [0.15, 0.2) is 39.3 Å². The van der Waals surface area contributed by atoms with Gasteiger partial charge in [-0.2, -0.15) is 0 Å². The van der Waals surface area contributed by atoms with Crippen LogP contribution in [-0.4, -0.2) is 7.11 Å². The van der Waals surface area contributed by atoms with Crippen LogP contribution in [0.4, 0.5) is 21.5 Å². The van der Waals surface area contributed by atoms with Crippen LogP contribution < -0.4 is 15.8 Å². The summed E-state index contributed by atoms with van der Waals surface area (Å²) in [5.41, 5.74) is 7.53. The molecule has 0 radical (unpaired) electrons. The minimum Gasteiger partial charge on any atom is -0.495 e. The van der Waals surface area contributed by atoms with Gasteiger partial charge in [-0.1, -0.05) is 0 Å². The minimum atomic E-state index is -0.392. The van der Waals surface area contributed by atoms with Crippen molar-refractivity contribution in [3.8, 4) is 5.75 Å². The molecule has 0 saturated heterocycles. The van der Waals surface area contributed by atoms with Gasteiger partial charge in [0.1, 0.15) is 11.6 Å². The Morgan fingerprint density at radius 3 is 2.58 bits per heavy atom. The van der Waals surface area contributed by atoms with Crippen molar-refractivity contribution in [1.82, 2.24) is 0 Å². The second kappa shape index (κ2) is 5.79. The van der Waals surface area contributed by atoms with E-state index in [1.54, 1.807) is 13.2 Å². The van der Waals surface area contributed by atoms with E-state index in [-0.39, 0.29) is 0 Å². The molecule has 100 valence electrons. The first-order valence-corrected chi connectivity index (χ1v) is 6.95. The van der Waals surface area contributed by atoms with Crippen molar-refractivity contribution in [1.29, 1.82) is 0 Å². The molecule has 0 aliphatic carbocycles. The summed E-state index contributed by atoms with van der Waals surface area (Å²) in [6.45, 7) is 0. The first kappa shape index (κ1) is 14.1. The average molecular weight is 390 g/mol. The van der Waals surface area contributed by atoms with Crippen molar-refractivity contribution in [2.24, 2.45) is 0 Å². The molecule has 0 bridgehead atoms. The smallest absolute Gasteiger partial charge is 0.139 e. The summed E-state index contributed by atoms with van der Waals surface area (Å²) < 4.78 is 19.7. The number of hydrogen-bond acceptors (Lipinski definition) is 3. The summed E-state index contributed by atoms with van der Waals surface area (Å²) in [5, 5.41) is 3.12. The molecule has 0 heterocycles. The van der Waals surface area contributed by atoms with Crippen molar-refractivity contribution >= 4 is 48.9 Å². The van der Waals surface area contributed by atoms with E-state index in [1.807, 2.05) is 18.2 Å². The van der Waals surface area contributed by atoms with Gasteiger partial charge in [-0.05, 0) is 50.1 Å². The van der Waals surface area contributed by atoms with E-state index in [4.69, 9.17) is 10.5 Å². The van der Waals surface area contributed by atoms with E-state index in [0.717, 1.165) is 10.2 Å². The first-order valence-electron chi connectivity index (χ1n) is 5.36. The van der Waals surface area contributed by atoms with Gasteiger partial charge < -0.3 is 15.8 Å². The van der Waals surface area contributed by atoms with Gasteiger partial charge >= 0.3 is 0 Å². The molecule has 0 aliphatic heterocycles. The van der Waals surface area contributed by atoms with Gasteiger partial charge in [-0.15, -0.1) is 0 Å². The predicted octanol–water partition coefficient (Wildman–Crippen LogP) is 4.69. The maximum atomic E-state index is 13.3. The molecule has 3 N–H and O–H groups in total. The highest BCUT2D eigenvalue weighted by Gasteiger charge is 2.07. The van der Waals surface area contributed by atoms with Crippen LogP contribution in [0, 0.1) is 5.82 Å². The van der Waals surface area contributed by atoms with Crippen molar-refractivity contribution < 1.29 is 9.13 Å². The van der Waals surface area contributed by atoms with Crippen LogP contribution in [0.1, 0.15) is 0 Å². The lowest BCUT2D eigenvalue weighted by Crippen LogP contribution is -1.98. The third-order valence-corrected chi connectivity index (χ3v) is 3.79. The van der Waals surface area contributed by atoms with Crippen LogP contribution in [0.2, 0.25) is 0 Å². The zero-order valence-electron chi connectivity index (χ0n) is 10.0. The molecule has 6 heteroatoms. The minimum absolute atomic E-state index is 0.336. The number of rotatable bonds is 3. The number of ether oxygens (including phenoxy) is 1. The Bertz CT molecular complexity index is 620. The number of nitrogen functional groups attached to an aromatic ring is 1. The molecule has 3 nitrogen and oxygen atoms in total. The van der Waals surface area contributed by atoms with Crippen LogP contribution in [0.25, 0.3) is 0 Å². The van der Waals surface area contributed by atoms with Gasteiger partial charge in [0.05, 0.1) is 27.4 Å². The summed E-state index contributed by atoms with van der Waals surface area (Å²) >= 11 is 6.51. The van der Waals surface area contributed by atoms with E-state index >= 15 is 0 Å². The molecule has 19 heavy (non-hydrogen) atoms. The van der Waals surface area contributed by atoms with Crippen LogP contribution in [0.3, 0.4) is 0 Å². The fourth-order valence-corrected chi connectivity index (χ4v) is 2.32. The maximum Gasteiger partial charge on any atom is 0.139 e. The fourth-order valence-electron chi connectivity index (χ4n) is 1.56. The molecule has 0 amide bonds. The Balaban J connectivity index is 2.33. The van der Waals surface area contributed by atoms with Gasteiger partial charge in [0, 0.05) is 17.8 Å². The SMILES string of the molecule is COc1cc(Nc2cc(Br)c(F)cc2N)ccc1Br. The summed E-state index contributed by atoms with van der Waals surface area (Å²) in [4.78, 5) is 0. The van der Waals surface area contributed by atoms with E-state index < -0.39 is 5.82 Å². The molecule has 0 spiro atoms. The Labute approximate surface area is 127 Å². The van der Waals surface area contributed by atoms with Crippen LogP contribution in [0.5, 0.6) is 5.75 Å². The standard InChI is InChI=1S/C13H11Br2FN2O/c1-19-13-4-7(2-3-8(13)14)18-12-5-9(15)10(16)6-11(12)17/h2-6,18H,17H2,1H3. The third kappa shape index (κ3) is 3.19. The molecule has 2 aromatic rings. The third-order valence-electron chi connectivity index (χ3n) is 2.52. The highest BCUT2D eigenvalue weighted by atomic mass is 79.9. The molecule has 0 fully saturated rings. The Kier molecular flexibility index (Phi) is 4.31. The second-order valence-electron chi connectivity index (χ2n) is 3.83. The zero-order chi connectivity index (χ0) is 14.0. The lowest BCUT2D eigenvalue weighted by atomic mass is 10.2. The van der Waals surface area contributed by atoms with Crippen molar-refractivity contribution in [2.75, 3.05) is 18.2 Å². The molecule has 0 saturated carbocycles. The topological polar surface area (TPSA) is 47.3 Å². The Morgan fingerprint density at radius 1 is 1.16 bits per heavy atom. The number of halogens is 3. The number of hydrogen-bond donors (Lipinski definition) is 2. The van der Waals surface area contributed by atoms with E-state index in [2.05, 4.69) is 37.2 Å². The van der Waals surface area contributed by atoms with Crippen LogP contribution >= 0.6 is 31.9 Å². The molecule has 0 unspecified atom stereocenters. The highest BCUT2D eigenvalue weighted by molar-refractivity contribution is 9.10. The van der Waals surface area contributed by atoms with E-state index in [0.29, 0.717) is 21.6 Å². The number of anilines is 3. The molecule has 2 aromatic carbocycles. The maximum absolute atomic E-state index is 13.3. The summed E-state index contributed by atoms with van der Waals surface area (Å²) in [7, 11) is 1.59. The van der Waals surface area contributed by atoms with E-state index in [9.17, 15) is 4.39 Å². The van der Waals surface area contributed by atoms with Crippen molar-refractivity contribution in [3.05, 3.63) is 45.1 Å². The lowest BCUT2D eigenvalue weighted by Gasteiger charge is -2.12. The average Bonchev–Trinajstić information content (AvgIpc) is 2.38. The molecule has 2 rings (SSSR count). The molecule has 0 aromatic heterocycles. The normalized spacial score (nSPS) is 10.3. The number of methoxy groups -OCH3 is 1. The Morgan fingerprint density at radius 2 is 1.89 bits per heavy atom. The van der Waals surface area contributed by atoms with Crippen molar-refractivity contribution in [2.45, 2.75) is 0 Å². The first-order chi connectivity index (χ1) is 9.01. The molecular weight excluding hydrogens is 379 g/mol.